The van der Waals surface area contributed by atoms with Crippen LogP contribution >= 0.6 is 0 Å². The van der Waals surface area contributed by atoms with Gasteiger partial charge in [-0.25, -0.2) is 0 Å². The molecule has 0 radical (unpaired) electrons. The van der Waals surface area contributed by atoms with E-state index in [9.17, 15) is 4.79 Å². The first-order valence-corrected chi connectivity index (χ1v) is 6.60. The number of pyridine rings is 1. The third-order valence-corrected chi connectivity index (χ3v) is 3.51. The standard InChI is InChI=1S/C14H16N4O2/c1-20-13-8-12(19)16-14(17-13)18-7-3-5-11(18)10-4-2-6-15-9-10/h2,4,6,8-9,11H,3,5,7H2,1H3,(H,16,17,19). The van der Waals surface area contributed by atoms with E-state index in [4.69, 9.17) is 4.74 Å². The molecule has 6 heteroatoms. The van der Waals surface area contributed by atoms with Crippen LogP contribution in [0.2, 0.25) is 0 Å². The molecular weight excluding hydrogens is 256 g/mol. The van der Waals surface area contributed by atoms with Crippen LogP contribution in [0.1, 0.15) is 24.4 Å². The number of aromatic amines is 1. The van der Waals surface area contributed by atoms with Crippen molar-refractivity contribution in [2.45, 2.75) is 18.9 Å². The molecule has 0 spiro atoms. The Kier molecular flexibility index (Phi) is 3.37. The molecule has 0 saturated carbocycles. The van der Waals surface area contributed by atoms with Crippen LogP contribution in [0.25, 0.3) is 0 Å². The predicted molar refractivity (Wildman–Crippen MR) is 75.0 cm³/mol. The second kappa shape index (κ2) is 5.32. The number of hydrogen-bond donors (Lipinski definition) is 1. The number of nitrogens with one attached hydrogen (secondary N) is 1. The summed E-state index contributed by atoms with van der Waals surface area (Å²) in [6.07, 6.45) is 5.70. The molecule has 3 rings (SSSR count). The summed E-state index contributed by atoms with van der Waals surface area (Å²) in [6, 6.07) is 5.51. The van der Waals surface area contributed by atoms with Crippen molar-refractivity contribution in [3.05, 3.63) is 46.5 Å². The molecule has 2 aromatic heterocycles. The molecule has 1 saturated heterocycles. The van der Waals surface area contributed by atoms with Crippen LogP contribution in [0, 0.1) is 0 Å². The van der Waals surface area contributed by atoms with Crippen molar-refractivity contribution in [2.75, 3.05) is 18.6 Å². The van der Waals surface area contributed by atoms with Crippen LogP contribution in [0.15, 0.2) is 35.4 Å². The van der Waals surface area contributed by atoms with Gasteiger partial charge < -0.3 is 9.64 Å². The summed E-state index contributed by atoms with van der Waals surface area (Å²) in [6.45, 7) is 0.857. The number of hydrogen-bond acceptors (Lipinski definition) is 5. The van der Waals surface area contributed by atoms with E-state index in [1.807, 2.05) is 18.3 Å². The molecule has 1 aliphatic heterocycles. The van der Waals surface area contributed by atoms with Gasteiger partial charge in [0.05, 0.1) is 19.2 Å². The monoisotopic (exact) mass is 272 g/mol. The summed E-state index contributed by atoms with van der Waals surface area (Å²) in [5, 5.41) is 0. The Morgan fingerprint density at radius 3 is 3.15 bits per heavy atom. The van der Waals surface area contributed by atoms with Crippen molar-refractivity contribution in [3.8, 4) is 5.88 Å². The van der Waals surface area contributed by atoms with Crippen molar-refractivity contribution < 1.29 is 4.74 Å². The fourth-order valence-corrected chi connectivity index (χ4v) is 2.60. The van der Waals surface area contributed by atoms with Crippen LogP contribution in [-0.2, 0) is 0 Å². The molecule has 3 heterocycles. The van der Waals surface area contributed by atoms with E-state index in [1.165, 1.54) is 13.2 Å². The van der Waals surface area contributed by atoms with E-state index >= 15 is 0 Å². The van der Waals surface area contributed by atoms with Gasteiger partial charge in [0.25, 0.3) is 5.56 Å². The first-order chi connectivity index (χ1) is 9.78. The summed E-state index contributed by atoms with van der Waals surface area (Å²) in [4.78, 5) is 25.0. The van der Waals surface area contributed by atoms with Gasteiger partial charge in [-0.05, 0) is 24.5 Å². The number of ether oxygens (including phenoxy) is 1. The van der Waals surface area contributed by atoms with Gasteiger partial charge in [-0.15, -0.1) is 0 Å². The Morgan fingerprint density at radius 1 is 1.50 bits per heavy atom. The maximum absolute atomic E-state index is 11.7. The fraction of sp³-hybridized carbons (Fsp3) is 0.357. The minimum atomic E-state index is -0.205. The molecule has 0 amide bonds. The van der Waals surface area contributed by atoms with Gasteiger partial charge in [-0.1, -0.05) is 6.07 Å². The second-order valence-electron chi connectivity index (χ2n) is 4.75. The lowest BCUT2D eigenvalue weighted by molar-refractivity contribution is 0.396. The number of methoxy groups -OCH3 is 1. The zero-order chi connectivity index (χ0) is 13.9. The first-order valence-electron chi connectivity index (χ1n) is 6.60. The Morgan fingerprint density at radius 2 is 2.40 bits per heavy atom. The molecule has 1 aliphatic rings. The zero-order valence-electron chi connectivity index (χ0n) is 11.2. The molecule has 1 atom stereocenters. The largest absolute Gasteiger partial charge is 0.481 e. The van der Waals surface area contributed by atoms with Gasteiger partial charge in [0.1, 0.15) is 0 Å². The summed E-state index contributed by atoms with van der Waals surface area (Å²) < 4.78 is 5.07. The van der Waals surface area contributed by atoms with Gasteiger partial charge in [-0.2, -0.15) is 4.98 Å². The number of rotatable bonds is 3. The van der Waals surface area contributed by atoms with Gasteiger partial charge in [0, 0.05) is 18.9 Å². The molecule has 0 aliphatic carbocycles. The van der Waals surface area contributed by atoms with Gasteiger partial charge in [-0.3, -0.25) is 14.8 Å². The van der Waals surface area contributed by atoms with E-state index < -0.39 is 0 Å². The molecule has 20 heavy (non-hydrogen) atoms. The van der Waals surface area contributed by atoms with Crippen molar-refractivity contribution in [3.63, 3.8) is 0 Å². The average Bonchev–Trinajstić information content (AvgIpc) is 2.97. The third-order valence-electron chi connectivity index (χ3n) is 3.51. The average molecular weight is 272 g/mol. The number of nitrogens with zero attached hydrogens (tertiary/aromatic N) is 3. The fourth-order valence-electron chi connectivity index (χ4n) is 2.60. The van der Waals surface area contributed by atoms with Gasteiger partial charge in [0.15, 0.2) is 0 Å². The third kappa shape index (κ3) is 2.36. The molecule has 6 nitrogen and oxygen atoms in total. The minimum absolute atomic E-state index is 0.193. The van der Waals surface area contributed by atoms with E-state index in [0.717, 1.165) is 24.9 Å². The summed E-state index contributed by atoms with van der Waals surface area (Å²) in [5.74, 6) is 0.890. The van der Waals surface area contributed by atoms with Crippen molar-refractivity contribution in [2.24, 2.45) is 0 Å². The van der Waals surface area contributed by atoms with E-state index in [1.54, 1.807) is 6.20 Å². The predicted octanol–water partition coefficient (Wildman–Crippen LogP) is 1.51. The lowest BCUT2D eigenvalue weighted by Gasteiger charge is -2.25. The maximum atomic E-state index is 11.7. The van der Waals surface area contributed by atoms with E-state index in [0.29, 0.717) is 11.8 Å². The molecule has 1 fully saturated rings. The number of H-pyrrole nitrogens is 1. The summed E-state index contributed by atoms with van der Waals surface area (Å²) >= 11 is 0. The Hall–Kier alpha value is -2.37. The molecule has 0 bridgehead atoms. The van der Waals surface area contributed by atoms with Crippen LogP contribution in [0.3, 0.4) is 0 Å². The first kappa shape index (κ1) is 12.7. The number of aromatic nitrogens is 3. The molecule has 104 valence electrons. The summed E-state index contributed by atoms with van der Waals surface area (Å²) in [7, 11) is 1.51. The van der Waals surface area contributed by atoms with Gasteiger partial charge >= 0.3 is 0 Å². The van der Waals surface area contributed by atoms with Crippen LogP contribution < -0.4 is 15.2 Å². The van der Waals surface area contributed by atoms with Crippen LogP contribution in [0.4, 0.5) is 5.95 Å². The van der Waals surface area contributed by atoms with Crippen LogP contribution in [-0.4, -0.2) is 28.6 Å². The molecular formula is C14H16N4O2. The van der Waals surface area contributed by atoms with E-state index in [2.05, 4.69) is 19.9 Å². The smallest absolute Gasteiger partial charge is 0.256 e. The SMILES string of the molecule is COc1cc(=O)[nH]c(N2CCCC2c2cccnc2)n1. The minimum Gasteiger partial charge on any atom is -0.481 e. The molecule has 2 aromatic rings. The highest BCUT2D eigenvalue weighted by Gasteiger charge is 2.28. The normalized spacial score (nSPS) is 18.2. The molecule has 1 unspecified atom stereocenters. The Balaban J connectivity index is 1.96. The number of anilines is 1. The van der Waals surface area contributed by atoms with Crippen molar-refractivity contribution in [1.29, 1.82) is 0 Å². The summed E-state index contributed by atoms with van der Waals surface area (Å²) in [5.41, 5.74) is 0.930. The van der Waals surface area contributed by atoms with Crippen molar-refractivity contribution in [1.82, 2.24) is 15.0 Å². The highest BCUT2D eigenvalue weighted by Crippen LogP contribution is 2.33. The molecule has 1 N–H and O–H groups in total. The zero-order valence-corrected chi connectivity index (χ0v) is 11.2. The van der Waals surface area contributed by atoms with Gasteiger partial charge in [0.2, 0.25) is 11.8 Å². The highest BCUT2D eigenvalue weighted by molar-refractivity contribution is 5.38. The Bertz CT molecular complexity index is 641. The lowest BCUT2D eigenvalue weighted by atomic mass is 10.1. The highest BCUT2D eigenvalue weighted by atomic mass is 16.5. The maximum Gasteiger partial charge on any atom is 0.256 e. The second-order valence-corrected chi connectivity index (χ2v) is 4.75. The molecule has 0 aromatic carbocycles. The van der Waals surface area contributed by atoms with Crippen LogP contribution in [0.5, 0.6) is 5.88 Å². The quantitative estimate of drug-likeness (QED) is 0.917. The lowest BCUT2D eigenvalue weighted by Crippen LogP contribution is -2.27. The van der Waals surface area contributed by atoms with Crippen molar-refractivity contribution >= 4 is 5.95 Å². The topological polar surface area (TPSA) is 71.1 Å². The Labute approximate surface area is 116 Å². The van der Waals surface area contributed by atoms with E-state index in [-0.39, 0.29) is 11.6 Å².